The Bertz CT molecular complexity index is 1400. The van der Waals surface area contributed by atoms with Crippen molar-refractivity contribution in [3.63, 3.8) is 0 Å². The predicted molar refractivity (Wildman–Crippen MR) is 254 cm³/mol. The lowest BCUT2D eigenvalue weighted by Crippen LogP contribution is -2.31. The summed E-state index contributed by atoms with van der Waals surface area (Å²) in [6.45, 7) is 13.1. The van der Waals surface area contributed by atoms with Gasteiger partial charge in [0.25, 0.3) is 0 Å². The van der Waals surface area contributed by atoms with Crippen LogP contribution in [0.3, 0.4) is 0 Å². The van der Waals surface area contributed by atoms with E-state index < -0.39 is 5.96 Å². The van der Waals surface area contributed by atoms with E-state index in [2.05, 4.69) is 129 Å². The molecule has 2 nitrogen and oxygen atoms in total. The molecule has 0 aliphatic heterocycles. The Morgan fingerprint density at radius 1 is 0.500 bits per heavy atom. The van der Waals surface area contributed by atoms with Gasteiger partial charge in [-0.25, -0.2) is 0 Å². The van der Waals surface area contributed by atoms with E-state index in [1.54, 1.807) is 0 Å². The van der Waals surface area contributed by atoms with Gasteiger partial charge in [0.15, 0.2) is 27.7 Å². The molecule has 0 radical (unpaired) electrons. The molecular formula is C52H81BrO2P+. The number of hydrogen-bond acceptors (Lipinski definition) is 2. The van der Waals surface area contributed by atoms with E-state index in [1.165, 1.54) is 173 Å². The van der Waals surface area contributed by atoms with Crippen LogP contribution in [0.15, 0.2) is 78.9 Å². The van der Waals surface area contributed by atoms with Crippen molar-refractivity contribution in [1.82, 2.24) is 0 Å². The molecule has 0 saturated carbocycles. The minimum Gasteiger partial charge on any atom is -0.353 e. The summed E-state index contributed by atoms with van der Waals surface area (Å²) >= 11 is 4.47. The number of ether oxygens (including phenoxy) is 2. The van der Waals surface area contributed by atoms with E-state index in [9.17, 15) is 0 Å². The largest absolute Gasteiger partial charge is 0.353 e. The van der Waals surface area contributed by atoms with Crippen LogP contribution in [0.2, 0.25) is 0 Å². The summed E-state index contributed by atoms with van der Waals surface area (Å²) in [6, 6.07) is 24.9. The average molecular weight is 849 g/mol. The van der Waals surface area contributed by atoms with Gasteiger partial charge in [-0.05, 0) is 119 Å². The Labute approximate surface area is 354 Å². The van der Waals surface area contributed by atoms with E-state index in [4.69, 9.17) is 9.47 Å². The van der Waals surface area contributed by atoms with Crippen molar-refractivity contribution in [3.05, 3.63) is 101 Å². The number of benzene rings is 3. The van der Waals surface area contributed by atoms with Crippen LogP contribution in [-0.2, 0) is 15.9 Å². The molecule has 4 heteroatoms. The van der Waals surface area contributed by atoms with Crippen LogP contribution in [0, 0.1) is 20.8 Å². The zero-order chi connectivity index (χ0) is 40.1. The molecule has 312 valence electrons. The van der Waals surface area contributed by atoms with Crippen LogP contribution in [0.5, 0.6) is 0 Å². The number of halogens is 1. The smallest absolute Gasteiger partial charge is 0.181 e. The van der Waals surface area contributed by atoms with E-state index in [0.29, 0.717) is 0 Å². The van der Waals surface area contributed by atoms with Crippen LogP contribution in [-0.4, -0.2) is 19.5 Å². The minimum absolute atomic E-state index is 0.0214. The van der Waals surface area contributed by atoms with Crippen molar-refractivity contribution >= 4 is 37.4 Å². The van der Waals surface area contributed by atoms with Gasteiger partial charge in [-0.3, -0.25) is 0 Å². The maximum Gasteiger partial charge on any atom is 0.181 e. The fourth-order valence-electron chi connectivity index (χ4n) is 7.99. The predicted octanol–water partition coefficient (Wildman–Crippen LogP) is 15.7. The summed E-state index contributed by atoms with van der Waals surface area (Å²) in [6.07, 6.45) is 35.5. The fourth-order valence-corrected chi connectivity index (χ4v) is 14.9. The first-order valence-electron chi connectivity index (χ1n) is 23.1. The molecule has 3 aromatic carbocycles. The molecule has 0 fully saturated rings. The maximum absolute atomic E-state index is 6.32. The number of rotatable bonds is 33. The van der Waals surface area contributed by atoms with Crippen LogP contribution in [0.25, 0.3) is 0 Å². The van der Waals surface area contributed by atoms with Crippen molar-refractivity contribution in [2.45, 2.75) is 195 Å². The minimum atomic E-state index is -1.98. The molecule has 0 aromatic heterocycles. The summed E-state index contributed by atoms with van der Waals surface area (Å²) in [4.78, 5) is 0. The molecule has 0 heterocycles. The van der Waals surface area contributed by atoms with Crippen molar-refractivity contribution in [2.75, 3.05) is 13.2 Å². The van der Waals surface area contributed by atoms with Gasteiger partial charge >= 0.3 is 0 Å². The number of hydrogen-bond donors (Lipinski definition) is 0. The third-order valence-electron chi connectivity index (χ3n) is 11.5. The van der Waals surface area contributed by atoms with Gasteiger partial charge in [-0.15, -0.1) is 0 Å². The highest BCUT2D eigenvalue weighted by molar-refractivity contribution is 9.44. The molecule has 56 heavy (non-hydrogen) atoms. The molecule has 3 rings (SSSR count). The third kappa shape index (κ3) is 18.0. The standard InChI is InChI=1S/C52H81BrO2P/c1-6-8-10-12-14-20-24-32-43-54-52(55-44-33-25-21-15-13-11-9-7-2)42-27-23-19-17-16-18-22-26-37-48-38-34-41-51(47(48)5)56(53,49-39-30-28-35-45(49)3)50-40-31-29-36-46(50)4/h16,18,28-31,34-36,38-41,52H,6-15,17,19-27,32-33,37,42-44H2,1-5H3/q+1/b18-16+. The molecule has 0 saturated heterocycles. The molecule has 0 bridgehead atoms. The van der Waals surface area contributed by atoms with Gasteiger partial charge in [0.2, 0.25) is 0 Å². The summed E-state index contributed by atoms with van der Waals surface area (Å²) in [5, 5.41) is 4.30. The Balaban J connectivity index is 1.40. The lowest BCUT2D eigenvalue weighted by molar-refractivity contribution is -0.148. The lowest BCUT2D eigenvalue weighted by atomic mass is 10.0. The van der Waals surface area contributed by atoms with Gasteiger partial charge < -0.3 is 9.47 Å². The van der Waals surface area contributed by atoms with Crippen LogP contribution in [0.4, 0.5) is 0 Å². The monoisotopic (exact) mass is 848 g/mol. The molecule has 3 aromatic rings. The van der Waals surface area contributed by atoms with E-state index in [0.717, 1.165) is 32.5 Å². The molecule has 0 spiro atoms. The van der Waals surface area contributed by atoms with Crippen LogP contribution < -0.4 is 15.9 Å². The molecule has 0 atom stereocenters. The highest BCUT2D eigenvalue weighted by atomic mass is 79.9. The number of unbranched alkanes of at least 4 members (excludes halogenated alkanes) is 18. The zero-order valence-corrected chi connectivity index (χ0v) is 39.1. The van der Waals surface area contributed by atoms with E-state index in [1.807, 2.05) is 0 Å². The second-order valence-electron chi connectivity index (χ2n) is 16.3. The van der Waals surface area contributed by atoms with Gasteiger partial charge in [-0.2, -0.15) is 0 Å². The van der Waals surface area contributed by atoms with Crippen molar-refractivity contribution in [2.24, 2.45) is 0 Å². The first-order valence-corrected chi connectivity index (χ1v) is 26.9. The van der Waals surface area contributed by atoms with Crippen molar-refractivity contribution in [3.8, 4) is 0 Å². The van der Waals surface area contributed by atoms with E-state index in [-0.39, 0.29) is 6.29 Å². The van der Waals surface area contributed by atoms with Gasteiger partial charge in [0.1, 0.15) is 15.9 Å². The summed E-state index contributed by atoms with van der Waals surface area (Å²) < 4.78 is 12.6. The maximum atomic E-state index is 6.32. The van der Waals surface area contributed by atoms with Gasteiger partial charge in [-0.1, -0.05) is 171 Å². The second-order valence-corrected chi connectivity index (χ2v) is 22.2. The zero-order valence-electron chi connectivity index (χ0n) is 36.6. The Morgan fingerprint density at radius 3 is 1.46 bits per heavy atom. The first-order chi connectivity index (χ1) is 27.4. The Morgan fingerprint density at radius 2 is 0.946 bits per heavy atom. The summed E-state index contributed by atoms with van der Waals surface area (Å²) in [5.41, 5.74) is 5.61. The van der Waals surface area contributed by atoms with Crippen molar-refractivity contribution < 1.29 is 9.47 Å². The van der Waals surface area contributed by atoms with Crippen molar-refractivity contribution in [1.29, 1.82) is 0 Å². The lowest BCUT2D eigenvalue weighted by Gasteiger charge is -2.25. The molecule has 0 aliphatic rings. The SMILES string of the molecule is CCCCCCCCCCOC(CCCCC/C=C/CCCc1cccc([P+](Br)(c2ccccc2C)c2ccccc2C)c1C)OCCCCCCCCCC. The summed E-state index contributed by atoms with van der Waals surface area (Å²) in [5.74, 6) is -1.98. The highest BCUT2D eigenvalue weighted by Crippen LogP contribution is 2.64. The fraction of sp³-hybridized carbons (Fsp3) is 0.615. The second kappa shape index (κ2) is 30.3. The molecular weight excluding hydrogens is 767 g/mol. The third-order valence-corrected chi connectivity index (χ3v) is 18.5. The van der Waals surface area contributed by atoms with Crippen LogP contribution >= 0.6 is 21.5 Å². The number of allylic oxidation sites excluding steroid dienone is 2. The normalized spacial score (nSPS) is 12.1. The Hall–Kier alpha value is -1.77. The summed E-state index contributed by atoms with van der Waals surface area (Å²) in [7, 11) is 0. The molecule has 0 amide bonds. The first kappa shape index (κ1) is 48.6. The number of aryl methyl sites for hydroxylation is 3. The average Bonchev–Trinajstić information content (AvgIpc) is 3.20. The van der Waals surface area contributed by atoms with Crippen LogP contribution in [0.1, 0.15) is 184 Å². The Kier molecular flexibility index (Phi) is 26.3. The quantitative estimate of drug-likeness (QED) is 0.0263. The molecule has 0 N–H and O–H groups in total. The van der Waals surface area contributed by atoms with E-state index >= 15 is 0 Å². The van der Waals surface area contributed by atoms with Gasteiger partial charge in [0, 0.05) is 13.2 Å². The topological polar surface area (TPSA) is 18.5 Å². The van der Waals surface area contributed by atoms with Gasteiger partial charge in [0.05, 0.1) is 0 Å². The highest BCUT2D eigenvalue weighted by Gasteiger charge is 2.47. The molecule has 0 unspecified atom stereocenters. The molecule has 0 aliphatic carbocycles.